The minimum atomic E-state index is -0.506. The molecule has 2 amide bonds. The Balaban J connectivity index is 1.85. The van der Waals surface area contributed by atoms with E-state index in [4.69, 9.17) is 11.5 Å². The number of rotatable bonds is 5. The molecular weight excluding hydrogens is 318 g/mol. The largest absolute Gasteiger partial charge is 0.370 e. The second-order valence-electron chi connectivity index (χ2n) is 6.74. The van der Waals surface area contributed by atoms with Crippen LogP contribution >= 0.6 is 0 Å². The van der Waals surface area contributed by atoms with E-state index >= 15 is 0 Å². The molecule has 134 valence electrons. The van der Waals surface area contributed by atoms with E-state index in [1.54, 1.807) is 11.8 Å². The van der Waals surface area contributed by atoms with Crippen molar-refractivity contribution in [2.75, 3.05) is 26.2 Å². The van der Waals surface area contributed by atoms with Crippen molar-refractivity contribution >= 4 is 17.8 Å². The van der Waals surface area contributed by atoms with Gasteiger partial charge in [-0.05, 0) is 37.6 Å². The second-order valence-corrected chi connectivity index (χ2v) is 6.74. The summed E-state index contributed by atoms with van der Waals surface area (Å²) in [7, 11) is 0. The van der Waals surface area contributed by atoms with Crippen molar-refractivity contribution in [3.63, 3.8) is 0 Å². The summed E-state index contributed by atoms with van der Waals surface area (Å²) in [6.45, 7) is 5.33. The number of hydrogen-bond donors (Lipinski definition) is 2. The van der Waals surface area contributed by atoms with Crippen molar-refractivity contribution in [2.45, 2.75) is 25.8 Å². The first kappa shape index (κ1) is 17.4. The summed E-state index contributed by atoms with van der Waals surface area (Å²) in [5.41, 5.74) is 12.2. The average Bonchev–Trinajstić information content (AvgIpc) is 3.19. The van der Waals surface area contributed by atoms with E-state index in [-0.39, 0.29) is 17.9 Å². The molecule has 1 aromatic carbocycles. The van der Waals surface area contributed by atoms with Crippen LogP contribution < -0.4 is 11.5 Å². The lowest BCUT2D eigenvalue weighted by atomic mass is 9.93. The fourth-order valence-corrected chi connectivity index (χ4v) is 3.80. The summed E-state index contributed by atoms with van der Waals surface area (Å²) < 4.78 is 0. The molecule has 2 unspecified atom stereocenters. The maximum atomic E-state index is 12.9. The quantitative estimate of drug-likeness (QED) is 0.605. The monoisotopic (exact) mass is 343 g/mol. The Hall–Kier alpha value is -2.41. The molecule has 0 saturated carbocycles. The topological polar surface area (TPSA) is 105 Å². The first-order valence-electron chi connectivity index (χ1n) is 8.74. The van der Waals surface area contributed by atoms with Gasteiger partial charge in [-0.25, -0.2) is 0 Å². The van der Waals surface area contributed by atoms with Crippen molar-refractivity contribution < 1.29 is 9.59 Å². The summed E-state index contributed by atoms with van der Waals surface area (Å²) >= 11 is 0. The van der Waals surface area contributed by atoms with E-state index < -0.39 is 11.8 Å². The number of aliphatic imine (C=N–C) groups is 1. The number of carbonyl (C=O) groups is 2. The maximum absolute atomic E-state index is 12.9. The van der Waals surface area contributed by atoms with Gasteiger partial charge >= 0.3 is 0 Å². The van der Waals surface area contributed by atoms with Crippen molar-refractivity contribution in [3.8, 4) is 0 Å². The highest BCUT2D eigenvalue weighted by Gasteiger charge is 2.41. The van der Waals surface area contributed by atoms with Crippen LogP contribution in [0.2, 0.25) is 0 Å². The first-order chi connectivity index (χ1) is 12.0. The molecule has 2 aliphatic heterocycles. The number of carbonyl (C=O) groups excluding carboxylic acids is 2. The molecule has 0 aromatic heterocycles. The van der Waals surface area contributed by atoms with Gasteiger partial charge in [0.1, 0.15) is 0 Å². The minimum Gasteiger partial charge on any atom is -0.370 e. The zero-order valence-corrected chi connectivity index (χ0v) is 14.5. The van der Waals surface area contributed by atoms with E-state index in [1.165, 1.54) is 12.8 Å². The van der Waals surface area contributed by atoms with Gasteiger partial charge in [-0.15, -0.1) is 0 Å². The highest BCUT2D eigenvalue weighted by atomic mass is 16.2. The van der Waals surface area contributed by atoms with Gasteiger partial charge < -0.3 is 21.3 Å². The van der Waals surface area contributed by atoms with Gasteiger partial charge in [0.15, 0.2) is 5.96 Å². The minimum absolute atomic E-state index is 0.0239. The molecule has 3 rings (SSSR count). The molecule has 0 bridgehead atoms. The highest BCUT2D eigenvalue weighted by molar-refractivity contribution is 6.00. The van der Waals surface area contributed by atoms with Crippen LogP contribution in [0.25, 0.3) is 0 Å². The van der Waals surface area contributed by atoms with Gasteiger partial charge in [0.05, 0.1) is 12.0 Å². The number of guanidine groups is 1. The van der Waals surface area contributed by atoms with Crippen LogP contribution in [0.5, 0.6) is 0 Å². The van der Waals surface area contributed by atoms with Crippen LogP contribution in [0.15, 0.2) is 29.3 Å². The molecule has 7 heteroatoms. The number of hydrogen-bond acceptors (Lipinski definition) is 3. The third-order valence-corrected chi connectivity index (χ3v) is 5.06. The van der Waals surface area contributed by atoms with Crippen molar-refractivity contribution in [1.29, 1.82) is 0 Å². The lowest BCUT2D eigenvalue weighted by Crippen LogP contribution is -2.39. The molecule has 2 atom stereocenters. The number of nitrogens with zero attached hydrogens (tertiary/aromatic N) is 3. The van der Waals surface area contributed by atoms with E-state index in [0.717, 1.165) is 25.2 Å². The molecule has 0 radical (unpaired) electrons. The molecule has 7 nitrogen and oxygen atoms in total. The lowest BCUT2D eigenvalue weighted by molar-refractivity contribution is -0.122. The van der Waals surface area contributed by atoms with Crippen LogP contribution in [0.1, 0.15) is 41.7 Å². The predicted molar refractivity (Wildman–Crippen MR) is 95.9 cm³/mol. The Bertz CT molecular complexity index is 692. The van der Waals surface area contributed by atoms with Crippen LogP contribution in [-0.2, 0) is 4.79 Å². The SMILES string of the molecule is CC(C(=O)N=C(N)N)C1c2ccccc2C(=O)N1CCN1CCCC1. The molecule has 1 saturated heterocycles. The maximum Gasteiger partial charge on any atom is 0.254 e. The summed E-state index contributed by atoms with van der Waals surface area (Å²) in [6.07, 6.45) is 2.41. The average molecular weight is 343 g/mol. The zero-order chi connectivity index (χ0) is 18.0. The Kier molecular flexibility index (Phi) is 5.03. The Morgan fingerprint density at radius 3 is 2.60 bits per heavy atom. The number of amides is 2. The third kappa shape index (κ3) is 3.51. The Labute approximate surface area is 147 Å². The van der Waals surface area contributed by atoms with Gasteiger partial charge in [0.25, 0.3) is 11.8 Å². The highest BCUT2D eigenvalue weighted by Crippen LogP contribution is 2.39. The summed E-state index contributed by atoms with van der Waals surface area (Å²) in [5.74, 6) is -1.18. The van der Waals surface area contributed by atoms with Crippen molar-refractivity contribution in [3.05, 3.63) is 35.4 Å². The fourth-order valence-electron chi connectivity index (χ4n) is 3.80. The molecular formula is C18H25N5O2. The zero-order valence-electron chi connectivity index (χ0n) is 14.5. The van der Waals surface area contributed by atoms with Gasteiger partial charge in [0.2, 0.25) is 0 Å². The molecule has 25 heavy (non-hydrogen) atoms. The molecule has 2 aliphatic rings. The molecule has 2 heterocycles. The number of nitrogens with two attached hydrogens (primary N) is 2. The van der Waals surface area contributed by atoms with E-state index in [0.29, 0.717) is 12.1 Å². The fraction of sp³-hybridized carbons (Fsp3) is 0.500. The van der Waals surface area contributed by atoms with Crippen LogP contribution in [0.3, 0.4) is 0 Å². The number of benzene rings is 1. The normalized spacial score (nSPS) is 21.2. The number of likely N-dealkylation sites (tertiary alicyclic amines) is 1. The molecule has 0 spiro atoms. The molecule has 1 aromatic rings. The van der Waals surface area contributed by atoms with E-state index in [2.05, 4.69) is 9.89 Å². The smallest absolute Gasteiger partial charge is 0.254 e. The van der Waals surface area contributed by atoms with Gasteiger partial charge in [-0.2, -0.15) is 4.99 Å². The van der Waals surface area contributed by atoms with Gasteiger partial charge in [-0.3, -0.25) is 9.59 Å². The number of fused-ring (bicyclic) bond motifs is 1. The summed E-state index contributed by atoms with van der Waals surface area (Å²) in [5, 5.41) is 0. The van der Waals surface area contributed by atoms with E-state index in [9.17, 15) is 9.59 Å². The summed E-state index contributed by atoms with van der Waals surface area (Å²) in [4.78, 5) is 33.1. The van der Waals surface area contributed by atoms with Gasteiger partial charge in [-0.1, -0.05) is 25.1 Å². The van der Waals surface area contributed by atoms with Crippen molar-refractivity contribution in [2.24, 2.45) is 22.4 Å². The second kappa shape index (κ2) is 7.23. The van der Waals surface area contributed by atoms with Crippen molar-refractivity contribution in [1.82, 2.24) is 9.80 Å². The standard InChI is InChI=1S/C18H25N5O2/c1-12(16(24)21-18(19)20)15-13-6-2-3-7-14(13)17(25)23(15)11-10-22-8-4-5-9-22/h2-3,6-7,12,15H,4-5,8-11H2,1H3,(H4,19,20,21,24). The molecule has 0 aliphatic carbocycles. The summed E-state index contributed by atoms with van der Waals surface area (Å²) in [6, 6.07) is 7.13. The van der Waals surface area contributed by atoms with Crippen LogP contribution in [0, 0.1) is 5.92 Å². The molecule has 4 N–H and O–H groups in total. The molecule has 1 fully saturated rings. The first-order valence-corrected chi connectivity index (χ1v) is 8.74. The van der Waals surface area contributed by atoms with E-state index in [1.807, 2.05) is 24.3 Å². The Morgan fingerprint density at radius 1 is 1.24 bits per heavy atom. The van der Waals surface area contributed by atoms with Crippen LogP contribution in [-0.4, -0.2) is 53.8 Å². The van der Waals surface area contributed by atoms with Gasteiger partial charge in [0, 0.05) is 18.7 Å². The predicted octanol–water partition coefficient (Wildman–Crippen LogP) is 0.715. The lowest BCUT2D eigenvalue weighted by Gasteiger charge is -2.30. The van der Waals surface area contributed by atoms with Crippen LogP contribution in [0.4, 0.5) is 0 Å². The Morgan fingerprint density at radius 2 is 1.92 bits per heavy atom. The third-order valence-electron chi connectivity index (χ3n) is 5.06.